The molecule has 8 heteroatoms. The Hall–Kier alpha value is -3.39. The number of nitrogens with zero attached hydrogens (tertiary/aromatic N) is 1. The minimum absolute atomic E-state index is 0.0932. The van der Waals surface area contributed by atoms with Crippen LogP contribution in [-0.4, -0.2) is 25.9 Å². The second-order valence-electron chi connectivity index (χ2n) is 6.18. The topological polar surface area (TPSA) is 97.4 Å². The van der Waals surface area contributed by atoms with Crippen molar-refractivity contribution in [1.29, 1.82) is 0 Å². The monoisotopic (exact) mass is 411 g/mol. The van der Waals surface area contributed by atoms with Crippen molar-refractivity contribution >= 4 is 27.3 Å². The van der Waals surface area contributed by atoms with E-state index in [1.54, 1.807) is 30.5 Å². The fourth-order valence-corrected chi connectivity index (χ4v) is 3.56. The summed E-state index contributed by atoms with van der Waals surface area (Å²) in [6, 6.07) is 18.6. The second kappa shape index (κ2) is 9.70. The minimum atomic E-state index is -3.72. The first-order valence-corrected chi connectivity index (χ1v) is 10.5. The number of pyridine rings is 1. The maximum atomic E-state index is 12.4. The van der Waals surface area contributed by atoms with Gasteiger partial charge in [-0.3, -0.25) is 14.5 Å². The molecular weight excluding hydrogens is 390 g/mol. The summed E-state index contributed by atoms with van der Waals surface area (Å²) in [5.74, 6) is 0.607. The minimum Gasteiger partial charge on any atom is -0.494 e. The normalized spacial score (nSPS) is 10.9. The van der Waals surface area contributed by atoms with Crippen molar-refractivity contribution in [2.24, 2.45) is 0 Å². The number of aromatic nitrogens is 1. The number of para-hydroxylation sites is 1. The number of rotatable bonds is 9. The first-order chi connectivity index (χ1) is 14.0. The van der Waals surface area contributed by atoms with Crippen molar-refractivity contribution in [3.05, 3.63) is 79.1 Å². The van der Waals surface area contributed by atoms with Gasteiger partial charge in [0.1, 0.15) is 5.75 Å². The molecular formula is C21H21N3O4S. The molecule has 0 aliphatic heterocycles. The second-order valence-corrected chi connectivity index (χ2v) is 7.87. The molecule has 0 atom stereocenters. The number of ether oxygens (including phenoxy) is 1. The molecule has 0 saturated heterocycles. The molecule has 0 spiro atoms. The molecule has 0 radical (unpaired) electrons. The number of hydrogen-bond donors (Lipinski definition) is 2. The molecule has 3 rings (SSSR count). The predicted octanol–water partition coefficient (Wildman–Crippen LogP) is 3.68. The van der Waals surface area contributed by atoms with Gasteiger partial charge < -0.3 is 10.1 Å². The van der Waals surface area contributed by atoms with Gasteiger partial charge in [-0.15, -0.1) is 0 Å². The Balaban J connectivity index is 1.47. The molecule has 3 aromatic rings. The molecule has 0 bridgehead atoms. The Kier molecular flexibility index (Phi) is 6.80. The fraction of sp³-hybridized carbons (Fsp3) is 0.143. The van der Waals surface area contributed by atoms with Gasteiger partial charge in [0.15, 0.2) is 0 Å². The van der Waals surface area contributed by atoms with Crippen LogP contribution in [-0.2, 0) is 14.8 Å². The summed E-state index contributed by atoms with van der Waals surface area (Å²) in [6.45, 7) is 0.439. The average Bonchev–Trinajstić information content (AvgIpc) is 2.73. The lowest BCUT2D eigenvalue weighted by Gasteiger charge is -2.09. The van der Waals surface area contributed by atoms with E-state index in [2.05, 4.69) is 15.0 Å². The summed E-state index contributed by atoms with van der Waals surface area (Å²) in [7, 11) is -3.72. The molecule has 0 fully saturated rings. The van der Waals surface area contributed by atoms with Gasteiger partial charge in [-0.1, -0.05) is 18.2 Å². The summed E-state index contributed by atoms with van der Waals surface area (Å²) in [6.07, 6.45) is 3.86. The molecule has 7 nitrogen and oxygen atoms in total. The summed E-state index contributed by atoms with van der Waals surface area (Å²) in [5, 5.41) is 2.75. The third kappa shape index (κ3) is 6.32. The summed E-state index contributed by atoms with van der Waals surface area (Å²) < 4.78 is 32.8. The SMILES string of the molecule is O=C(CCCOc1ccccc1)Nc1ccc(S(=O)(=O)Nc2cccnc2)cc1. The van der Waals surface area contributed by atoms with Crippen LogP contribution >= 0.6 is 0 Å². The lowest BCUT2D eigenvalue weighted by Crippen LogP contribution is -2.14. The van der Waals surface area contributed by atoms with Crippen molar-refractivity contribution in [2.45, 2.75) is 17.7 Å². The lowest BCUT2D eigenvalue weighted by molar-refractivity contribution is -0.116. The van der Waals surface area contributed by atoms with E-state index in [0.717, 1.165) is 5.75 Å². The van der Waals surface area contributed by atoms with Crippen LogP contribution in [0.5, 0.6) is 5.75 Å². The first kappa shape index (κ1) is 20.3. The lowest BCUT2D eigenvalue weighted by atomic mass is 10.2. The van der Waals surface area contributed by atoms with Gasteiger partial charge in [-0.25, -0.2) is 8.42 Å². The quantitative estimate of drug-likeness (QED) is 0.524. The summed E-state index contributed by atoms with van der Waals surface area (Å²) in [4.78, 5) is 16.0. The van der Waals surface area contributed by atoms with Crippen LogP contribution in [0.1, 0.15) is 12.8 Å². The third-order valence-corrected chi connectivity index (χ3v) is 5.32. The number of carbonyl (C=O) groups excluding carboxylic acids is 1. The number of anilines is 2. The molecule has 1 amide bonds. The van der Waals surface area contributed by atoms with Crippen LogP contribution in [0.25, 0.3) is 0 Å². The van der Waals surface area contributed by atoms with Crippen LogP contribution in [0, 0.1) is 0 Å². The van der Waals surface area contributed by atoms with E-state index in [0.29, 0.717) is 30.8 Å². The Morgan fingerprint density at radius 1 is 0.931 bits per heavy atom. The average molecular weight is 411 g/mol. The first-order valence-electron chi connectivity index (χ1n) is 9.03. The van der Waals surface area contributed by atoms with Crippen LogP contribution in [0.4, 0.5) is 11.4 Å². The zero-order chi connectivity index (χ0) is 20.5. The van der Waals surface area contributed by atoms with E-state index in [1.807, 2.05) is 30.3 Å². The Labute approximate surface area is 169 Å². The van der Waals surface area contributed by atoms with E-state index in [1.165, 1.54) is 18.3 Å². The van der Waals surface area contributed by atoms with Crippen LogP contribution in [0.3, 0.4) is 0 Å². The molecule has 150 valence electrons. The molecule has 29 heavy (non-hydrogen) atoms. The number of nitrogens with one attached hydrogen (secondary N) is 2. The molecule has 0 saturated carbocycles. The van der Waals surface area contributed by atoms with Crippen molar-refractivity contribution < 1.29 is 17.9 Å². The van der Waals surface area contributed by atoms with Crippen LogP contribution in [0.15, 0.2) is 84.0 Å². The number of carbonyl (C=O) groups is 1. The maximum Gasteiger partial charge on any atom is 0.261 e. The van der Waals surface area contributed by atoms with Gasteiger partial charge in [0.25, 0.3) is 10.0 Å². The zero-order valence-electron chi connectivity index (χ0n) is 15.6. The highest BCUT2D eigenvalue weighted by molar-refractivity contribution is 7.92. The molecule has 0 aliphatic carbocycles. The molecule has 1 heterocycles. The van der Waals surface area contributed by atoms with Gasteiger partial charge in [-0.2, -0.15) is 0 Å². The van der Waals surface area contributed by atoms with Crippen LogP contribution < -0.4 is 14.8 Å². The summed E-state index contributed by atoms with van der Waals surface area (Å²) in [5.41, 5.74) is 0.905. The van der Waals surface area contributed by atoms with Gasteiger partial charge in [0.2, 0.25) is 5.91 Å². The highest BCUT2D eigenvalue weighted by atomic mass is 32.2. The van der Waals surface area contributed by atoms with Crippen molar-refractivity contribution in [3.8, 4) is 5.75 Å². The largest absolute Gasteiger partial charge is 0.494 e. The number of sulfonamides is 1. The van der Waals surface area contributed by atoms with E-state index >= 15 is 0 Å². The Morgan fingerprint density at radius 3 is 2.38 bits per heavy atom. The van der Waals surface area contributed by atoms with E-state index < -0.39 is 10.0 Å². The molecule has 0 unspecified atom stereocenters. The molecule has 2 N–H and O–H groups in total. The molecule has 1 aromatic heterocycles. The maximum absolute atomic E-state index is 12.4. The van der Waals surface area contributed by atoms with Crippen molar-refractivity contribution in [3.63, 3.8) is 0 Å². The van der Waals surface area contributed by atoms with Gasteiger partial charge in [0, 0.05) is 18.3 Å². The number of benzene rings is 2. The zero-order valence-corrected chi connectivity index (χ0v) is 16.4. The molecule has 2 aromatic carbocycles. The van der Waals surface area contributed by atoms with Crippen LogP contribution in [0.2, 0.25) is 0 Å². The van der Waals surface area contributed by atoms with E-state index in [-0.39, 0.29) is 10.8 Å². The molecule has 0 aliphatic rings. The van der Waals surface area contributed by atoms with Crippen molar-refractivity contribution in [2.75, 3.05) is 16.6 Å². The fourth-order valence-electron chi connectivity index (χ4n) is 2.52. The van der Waals surface area contributed by atoms with E-state index in [4.69, 9.17) is 4.74 Å². The highest BCUT2D eigenvalue weighted by Gasteiger charge is 2.14. The highest BCUT2D eigenvalue weighted by Crippen LogP contribution is 2.18. The summed E-state index contributed by atoms with van der Waals surface area (Å²) >= 11 is 0. The van der Waals surface area contributed by atoms with Gasteiger partial charge in [0.05, 0.1) is 23.4 Å². The Morgan fingerprint density at radius 2 is 1.69 bits per heavy atom. The number of hydrogen-bond acceptors (Lipinski definition) is 5. The standard InChI is InChI=1S/C21H21N3O4S/c25-21(9-5-15-28-19-7-2-1-3-8-19)23-17-10-12-20(13-11-17)29(26,27)24-18-6-4-14-22-16-18/h1-4,6-8,10-14,16,24H,5,9,15H2,(H,23,25). The van der Waals surface area contributed by atoms with E-state index in [9.17, 15) is 13.2 Å². The predicted molar refractivity (Wildman–Crippen MR) is 111 cm³/mol. The smallest absolute Gasteiger partial charge is 0.261 e. The van der Waals surface area contributed by atoms with Crippen molar-refractivity contribution in [1.82, 2.24) is 4.98 Å². The Bertz CT molecular complexity index is 1020. The number of amides is 1. The van der Waals surface area contributed by atoms with Gasteiger partial charge >= 0.3 is 0 Å². The third-order valence-electron chi connectivity index (χ3n) is 3.92. The van der Waals surface area contributed by atoms with Gasteiger partial charge in [-0.05, 0) is 55.0 Å².